The summed E-state index contributed by atoms with van der Waals surface area (Å²) >= 11 is 0. The molecule has 11 rings (SSSR count). The minimum atomic E-state index is 1.12. The van der Waals surface area contributed by atoms with Crippen LogP contribution in [0.25, 0.3) is 65.6 Å². The first-order valence-corrected chi connectivity index (χ1v) is 20.6. The van der Waals surface area contributed by atoms with Crippen molar-refractivity contribution in [3.05, 3.63) is 231 Å². The van der Waals surface area contributed by atoms with Gasteiger partial charge in [0.25, 0.3) is 0 Å². The summed E-state index contributed by atoms with van der Waals surface area (Å²) in [7, 11) is 2.19. The van der Waals surface area contributed by atoms with E-state index in [9.17, 15) is 0 Å². The van der Waals surface area contributed by atoms with Gasteiger partial charge < -0.3 is 14.4 Å². The zero-order chi connectivity index (χ0) is 40.0. The highest BCUT2D eigenvalue weighted by Gasteiger charge is 2.17. The van der Waals surface area contributed by atoms with Gasteiger partial charge in [-0.3, -0.25) is 0 Å². The highest BCUT2D eigenvalue weighted by molar-refractivity contribution is 6.28. The molecule has 284 valence electrons. The first-order valence-electron chi connectivity index (χ1n) is 20.6. The monoisotopic (exact) mass is 767 g/mol. The molecule has 0 radical (unpaired) electrons. The number of rotatable bonds is 8. The lowest BCUT2D eigenvalue weighted by molar-refractivity contribution is 1.01. The molecule has 3 heteroatoms. The van der Waals surface area contributed by atoms with Gasteiger partial charge in [-0.25, -0.2) is 0 Å². The molecule has 10 aromatic carbocycles. The lowest BCUT2D eigenvalue weighted by Crippen LogP contribution is -2.09. The molecule has 0 spiro atoms. The Labute approximate surface area is 350 Å². The number of fused-ring (bicyclic) bond motifs is 7. The number of benzene rings is 10. The van der Waals surface area contributed by atoms with Crippen LogP contribution in [0.2, 0.25) is 0 Å². The van der Waals surface area contributed by atoms with Crippen molar-refractivity contribution < 1.29 is 0 Å². The Morgan fingerprint density at radius 3 is 1.12 bits per heavy atom. The fraction of sp³-hybridized carbons (Fsp3) is 0.0175. The van der Waals surface area contributed by atoms with Crippen LogP contribution in [0.4, 0.5) is 34.1 Å². The minimum Gasteiger partial charge on any atom is -0.344 e. The van der Waals surface area contributed by atoms with Crippen LogP contribution in [0.3, 0.4) is 0 Å². The molecule has 1 heterocycles. The average molecular weight is 768 g/mol. The molecule has 3 nitrogen and oxygen atoms in total. The van der Waals surface area contributed by atoms with Gasteiger partial charge in [0.15, 0.2) is 0 Å². The smallest absolute Gasteiger partial charge is 0.0495 e. The van der Waals surface area contributed by atoms with Gasteiger partial charge in [-0.2, -0.15) is 0 Å². The Bertz CT molecular complexity index is 3200. The van der Waals surface area contributed by atoms with Crippen LogP contribution in [0.5, 0.6) is 0 Å². The van der Waals surface area contributed by atoms with Crippen LogP contribution in [0.1, 0.15) is 0 Å². The predicted molar refractivity (Wildman–Crippen MR) is 256 cm³/mol. The van der Waals surface area contributed by atoms with Crippen LogP contribution in [0.15, 0.2) is 231 Å². The number of anilines is 6. The van der Waals surface area contributed by atoms with Gasteiger partial charge in [0.2, 0.25) is 0 Å². The number of nitrogens with zero attached hydrogens (tertiary/aromatic N) is 3. The van der Waals surface area contributed by atoms with E-state index in [1.165, 1.54) is 65.6 Å². The molecule has 0 fully saturated rings. The van der Waals surface area contributed by atoms with Gasteiger partial charge in [0.05, 0.1) is 0 Å². The molecule has 0 bridgehead atoms. The van der Waals surface area contributed by atoms with Crippen molar-refractivity contribution in [2.75, 3.05) is 9.80 Å². The van der Waals surface area contributed by atoms with Gasteiger partial charge in [0.1, 0.15) is 0 Å². The fourth-order valence-corrected chi connectivity index (χ4v) is 9.01. The van der Waals surface area contributed by atoms with Crippen LogP contribution in [-0.4, -0.2) is 4.57 Å². The SMILES string of the molecule is Cn1c2ccc(-c3ccc(N(c4ccccc4)c4ccccc4)cc3)cc2c2c3c(ccc4ccc(-c5ccc(N(c6ccccc6)c6ccccc6)cc5)cc43)ccc21. The van der Waals surface area contributed by atoms with E-state index in [2.05, 4.69) is 252 Å². The van der Waals surface area contributed by atoms with Gasteiger partial charge in [0, 0.05) is 63.0 Å². The van der Waals surface area contributed by atoms with Crippen LogP contribution in [-0.2, 0) is 7.05 Å². The second-order valence-corrected chi connectivity index (χ2v) is 15.5. The summed E-state index contributed by atoms with van der Waals surface area (Å²) in [6.45, 7) is 0. The van der Waals surface area contributed by atoms with Crippen molar-refractivity contribution in [3.8, 4) is 22.3 Å². The molecule has 0 aliphatic heterocycles. The first-order chi connectivity index (χ1) is 29.7. The van der Waals surface area contributed by atoms with Crippen LogP contribution < -0.4 is 9.80 Å². The maximum atomic E-state index is 2.39. The molecule has 0 saturated carbocycles. The Morgan fingerprint density at radius 2 is 0.633 bits per heavy atom. The molecule has 0 amide bonds. The Morgan fingerprint density at radius 1 is 0.283 bits per heavy atom. The molecule has 0 atom stereocenters. The van der Waals surface area contributed by atoms with Crippen molar-refractivity contribution in [2.24, 2.45) is 7.05 Å². The van der Waals surface area contributed by atoms with Crippen molar-refractivity contribution in [1.82, 2.24) is 4.57 Å². The predicted octanol–water partition coefficient (Wildman–Crippen LogP) is 15.9. The third-order valence-electron chi connectivity index (χ3n) is 11.9. The number of hydrogen-bond acceptors (Lipinski definition) is 2. The maximum Gasteiger partial charge on any atom is 0.0495 e. The molecule has 0 aliphatic rings. The number of hydrogen-bond donors (Lipinski definition) is 0. The summed E-state index contributed by atoms with van der Waals surface area (Å²) in [6.07, 6.45) is 0. The third-order valence-corrected chi connectivity index (χ3v) is 11.9. The average Bonchev–Trinajstić information content (AvgIpc) is 3.61. The molecular formula is C57H41N3. The van der Waals surface area contributed by atoms with E-state index in [0.29, 0.717) is 0 Å². The van der Waals surface area contributed by atoms with E-state index in [1.54, 1.807) is 0 Å². The summed E-state index contributed by atoms with van der Waals surface area (Å²) in [6, 6.07) is 83.3. The second-order valence-electron chi connectivity index (χ2n) is 15.5. The zero-order valence-corrected chi connectivity index (χ0v) is 33.3. The highest BCUT2D eigenvalue weighted by atomic mass is 15.1. The molecular weight excluding hydrogens is 727 g/mol. The quantitative estimate of drug-likeness (QED) is 0.143. The van der Waals surface area contributed by atoms with Crippen molar-refractivity contribution in [3.63, 3.8) is 0 Å². The number of aromatic nitrogens is 1. The van der Waals surface area contributed by atoms with E-state index < -0.39 is 0 Å². The Kier molecular flexibility index (Phi) is 8.71. The molecule has 0 aliphatic carbocycles. The normalized spacial score (nSPS) is 11.4. The third kappa shape index (κ3) is 6.16. The molecule has 0 N–H and O–H groups in total. The summed E-state index contributed by atoms with van der Waals surface area (Å²) in [5, 5.41) is 7.59. The molecule has 11 aromatic rings. The van der Waals surface area contributed by atoms with Gasteiger partial charge in [-0.1, -0.05) is 133 Å². The van der Waals surface area contributed by atoms with Crippen LogP contribution in [0, 0.1) is 0 Å². The summed E-state index contributed by atoms with van der Waals surface area (Å²) in [4.78, 5) is 4.61. The molecule has 0 saturated heterocycles. The lowest BCUT2D eigenvalue weighted by Gasteiger charge is -2.25. The Hall–Kier alpha value is -7.88. The van der Waals surface area contributed by atoms with Gasteiger partial charge in [-0.05, 0) is 141 Å². The lowest BCUT2D eigenvalue weighted by atomic mass is 9.94. The standard InChI is InChI=1S/C57H41N3/c1-58-54-36-31-45(41-28-34-51(35-29-41)60(48-18-10-4-11-19-48)49-20-12-5-13-21-49)39-53(54)57-55(58)37-30-43-24-22-42-23-25-44(38-52(42)56(43)57)40-26-32-50(33-27-40)59(46-14-6-2-7-15-46)47-16-8-3-9-17-47/h2-39H,1H3. The number of aryl methyl sites for hydroxylation is 1. The van der Waals surface area contributed by atoms with Crippen molar-refractivity contribution >= 4 is 77.5 Å². The van der Waals surface area contributed by atoms with Crippen molar-refractivity contribution in [1.29, 1.82) is 0 Å². The van der Waals surface area contributed by atoms with Crippen LogP contribution >= 0.6 is 0 Å². The molecule has 60 heavy (non-hydrogen) atoms. The summed E-state index contributed by atoms with van der Waals surface area (Å²) in [5.41, 5.74) is 14.0. The highest BCUT2D eigenvalue weighted by Crippen LogP contribution is 2.42. The van der Waals surface area contributed by atoms with Crippen molar-refractivity contribution in [2.45, 2.75) is 0 Å². The van der Waals surface area contributed by atoms with E-state index in [4.69, 9.17) is 0 Å². The van der Waals surface area contributed by atoms with E-state index >= 15 is 0 Å². The first kappa shape index (κ1) is 35.3. The molecule has 0 unspecified atom stereocenters. The molecule has 1 aromatic heterocycles. The van der Waals surface area contributed by atoms with E-state index in [0.717, 1.165) is 34.1 Å². The van der Waals surface area contributed by atoms with E-state index in [1.807, 2.05) is 0 Å². The largest absolute Gasteiger partial charge is 0.344 e. The van der Waals surface area contributed by atoms with Gasteiger partial charge in [-0.15, -0.1) is 0 Å². The second kappa shape index (κ2) is 14.8. The number of para-hydroxylation sites is 4. The maximum absolute atomic E-state index is 2.39. The van der Waals surface area contributed by atoms with Gasteiger partial charge >= 0.3 is 0 Å². The fourth-order valence-electron chi connectivity index (χ4n) is 9.01. The zero-order valence-electron chi connectivity index (χ0n) is 33.3. The summed E-state index contributed by atoms with van der Waals surface area (Å²) in [5.74, 6) is 0. The Balaban J connectivity index is 1.01. The minimum absolute atomic E-state index is 1.12. The van der Waals surface area contributed by atoms with E-state index in [-0.39, 0.29) is 0 Å². The summed E-state index contributed by atoms with van der Waals surface area (Å²) < 4.78 is 2.35. The topological polar surface area (TPSA) is 11.4 Å².